The van der Waals surface area contributed by atoms with E-state index in [1.54, 1.807) is 19.1 Å². The molecular formula is C37H65N2O7+. The lowest BCUT2D eigenvalue weighted by Crippen LogP contribution is -3.11. The van der Waals surface area contributed by atoms with Crippen LogP contribution in [0.1, 0.15) is 83.5 Å². The Kier molecular flexibility index (Phi) is 12.2. The van der Waals surface area contributed by atoms with Gasteiger partial charge in [0, 0.05) is 39.2 Å². The lowest BCUT2D eigenvalue weighted by Gasteiger charge is -2.53. The Morgan fingerprint density at radius 3 is 2.17 bits per heavy atom. The fourth-order valence-corrected chi connectivity index (χ4v) is 10.9. The molecule has 0 amide bonds. The number of nitrogens with zero attached hydrogens (tertiary/aromatic N) is 1. The number of hydrogen-bond donors (Lipinski definition) is 2. The summed E-state index contributed by atoms with van der Waals surface area (Å²) in [6, 6.07) is 0.552. The van der Waals surface area contributed by atoms with Gasteiger partial charge in [-0.15, -0.1) is 0 Å². The number of likely N-dealkylation sites (tertiary alicyclic amines) is 2. The number of carbonyl (C=O) groups is 1. The molecule has 13 unspecified atom stereocenters. The Morgan fingerprint density at radius 2 is 1.46 bits per heavy atom. The molecule has 264 valence electrons. The largest absolute Gasteiger partial charge is 0.388 e. The van der Waals surface area contributed by atoms with Gasteiger partial charge >= 0.3 is 0 Å². The Balaban J connectivity index is 1.08. The Morgan fingerprint density at radius 1 is 0.761 bits per heavy atom. The number of piperidine rings is 2. The predicted octanol–water partition coefficient (Wildman–Crippen LogP) is 2.76. The molecule has 14 atom stereocenters. The second-order valence-corrected chi connectivity index (χ2v) is 16.3. The second-order valence-electron chi connectivity index (χ2n) is 16.3. The van der Waals surface area contributed by atoms with Crippen LogP contribution in [0.4, 0.5) is 0 Å². The monoisotopic (exact) mass is 649 g/mol. The van der Waals surface area contributed by atoms with E-state index in [0.29, 0.717) is 35.6 Å². The Bertz CT molecular complexity index is 964. The number of aliphatic hydroxyl groups is 1. The van der Waals surface area contributed by atoms with Crippen molar-refractivity contribution >= 4 is 6.29 Å². The van der Waals surface area contributed by atoms with Gasteiger partial charge in [0.1, 0.15) is 12.4 Å². The van der Waals surface area contributed by atoms with Crippen molar-refractivity contribution in [3.63, 3.8) is 0 Å². The third-order valence-electron chi connectivity index (χ3n) is 13.7. The number of quaternary nitrogens is 1. The topological polar surface area (TPSA) is 91.1 Å². The average Bonchev–Trinajstić information content (AvgIpc) is 3.07. The fourth-order valence-electron chi connectivity index (χ4n) is 10.9. The summed E-state index contributed by atoms with van der Waals surface area (Å²) in [7, 11) is 9.99. The van der Waals surface area contributed by atoms with Gasteiger partial charge in [-0.05, 0) is 121 Å². The quantitative estimate of drug-likeness (QED) is 0.350. The molecule has 9 nitrogen and oxygen atoms in total. The molecule has 2 aliphatic heterocycles. The summed E-state index contributed by atoms with van der Waals surface area (Å²) in [6.45, 7) is 3.40. The number of rotatable bonds is 10. The normalized spacial score (nSPS) is 48.7. The summed E-state index contributed by atoms with van der Waals surface area (Å²) in [4.78, 5) is 15.7. The molecule has 6 fully saturated rings. The summed E-state index contributed by atoms with van der Waals surface area (Å²) in [5.41, 5.74) is 0. The van der Waals surface area contributed by atoms with Gasteiger partial charge in [0.05, 0.1) is 62.9 Å². The van der Waals surface area contributed by atoms with Crippen LogP contribution >= 0.6 is 0 Å². The highest BCUT2D eigenvalue weighted by Crippen LogP contribution is 2.46. The smallest absolute Gasteiger partial charge is 0.123 e. The molecule has 46 heavy (non-hydrogen) atoms. The number of aldehydes is 1. The highest BCUT2D eigenvalue weighted by Gasteiger charge is 2.52. The van der Waals surface area contributed by atoms with Crippen LogP contribution in [-0.2, 0) is 28.5 Å². The molecule has 0 radical (unpaired) electrons. The van der Waals surface area contributed by atoms with E-state index >= 15 is 0 Å². The van der Waals surface area contributed by atoms with Crippen molar-refractivity contribution in [3.05, 3.63) is 0 Å². The first kappa shape index (κ1) is 35.2. The first-order chi connectivity index (χ1) is 22.3. The lowest BCUT2D eigenvalue weighted by molar-refractivity contribution is -0.891. The molecule has 9 heteroatoms. The molecule has 0 aromatic heterocycles. The van der Waals surface area contributed by atoms with Crippen molar-refractivity contribution in [2.75, 3.05) is 55.1 Å². The molecule has 6 aliphatic rings. The highest BCUT2D eigenvalue weighted by molar-refractivity contribution is 5.53. The van der Waals surface area contributed by atoms with E-state index in [-0.39, 0.29) is 48.6 Å². The highest BCUT2D eigenvalue weighted by atomic mass is 16.6. The minimum atomic E-state index is -0.591. The number of aliphatic hydroxyl groups excluding tert-OH is 1. The summed E-state index contributed by atoms with van der Waals surface area (Å²) in [5.74, 6) is 2.99. The number of hydrogen-bond acceptors (Lipinski definition) is 8. The minimum Gasteiger partial charge on any atom is -0.388 e. The maximum atomic E-state index is 11.5. The first-order valence-electron chi connectivity index (χ1n) is 18.9. The molecule has 0 aromatic rings. The van der Waals surface area contributed by atoms with Gasteiger partial charge in [-0.3, -0.25) is 0 Å². The number of fused-ring (bicyclic) bond motifs is 2. The van der Waals surface area contributed by atoms with Gasteiger partial charge in [0.25, 0.3) is 0 Å². The molecule has 6 rings (SSSR count). The number of nitrogens with one attached hydrogen (secondary N) is 1. The number of ether oxygens (including phenoxy) is 5. The van der Waals surface area contributed by atoms with E-state index in [9.17, 15) is 9.90 Å². The zero-order valence-electron chi connectivity index (χ0n) is 29.4. The minimum absolute atomic E-state index is 0.00180. The van der Waals surface area contributed by atoms with E-state index in [2.05, 4.69) is 19.0 Å². The second kappa shape index (κ2) is 15.9. The van der Waals surface area contributed by atoms with Gasteiger partial charge in [0.15, 0.2) is 0 Å². The lowest BCUT2D eigenvalue weighted by atomic mass is 9.66. The van der Waals surface area contributed by atoms with Crippen LogP contribution in [0.2, 0.25) is 0 Å². The molecule has 0 bridgehead atoms. The van der Waals surface area contributed by atoms with Gasteiger partial charge in [-0.25, -0.2) is 0 Å². The Hall–Kier alpha value is -0.650. The molecule has 2 N–H and O–H groups in total. The van der Waals surface area contributed by atoms with Crippen molar-refractivity contribution in [3.8, 4) is 0 Å². The van der Waals surface area contributed by atoms with E-state index in [1.165, 1.54) is 38.6 Å². The average molecular weight is 650 g/mol. The summed E-state index contributed by atoms with van der Waals surface area (Å²) >= 11 is 0. The molecule has 4 aliphatic carbocycles. The van der Waals surface area contributed by atoms with Gasteiger partial charge < -0.3 is 43.4 Å². The summed E-state index contributed by atoms with van der Waals surface area (Å²) in [5, 5.41) is 11.5. The van der Waals surface area contributed by atoms with Crippen molar-refractivity contribution < 1.29 is 38.5 Å². The third-order valence-corrected chi connectivity index (χ3v) is 13.7. The zero-order valence-corrected chi connectivity index (χ0v) is 29.4. The molecule has 2 heterocycles. The van der Waals surface area contributed by atoms with Crippen LogP contribution in [0.3, 0.4) is 0 Å². The van der Waals surface area contributed by atoms with E-state index in [0.717, 1.165) is 70.7 Å². The SMILES string of the molecule is COC1CCC(C=O)CC1OC1CCC(C[C@H]2C3CC(OC4C(O)C(OC)CC5CC[NH+](C)CC54)C(OC)CC3CCN2C)CC1. The van der Waals surface area contributed by atoms with Gasteiger partial charge in [0.2, 0.25) is 0 Å². The van der Waals surface area contributed by atoms with Crippen molar-refractivity contribution in [2.45, 2.75) is 138 Å². The van der Waals surface area contributed by atoms with Crippen LogP contribution in [0.25, 0.3) is 0 Å². The number of methoxy groups -OCH3 is 3. The molecule has 4 saturated carbocycles. The summed E-state index contributed by atoms with van der Waals surface area (Å²) < 4.78 is 31.5. The summed E-state index contributed by atoms with van der Waals surface area (Å²) in [6.07, 6.45) is 14.6. The van der Waals surface area contributed by atoms with E-state index < -0.39 is 6.10 Å². The zero-order chi connectivity index (χ0) is 32.4. The van der Waals surface area contributed by atoms with Crippen LogP contribution in [0, 0.1) is 35.5 Å². The molecule has 0 aromatic carbocycles. The maximum absolute atomic E-state index is 11.5. The van der Waals surface area contributed by atoms with E-state index in [1.807, 2.05) is 7.11 Å². The Labute approximate surface area is 278 Å². The molecule has 0 spiro atoms. The van der Waals surface area contributed by atoms with Crippen molar-refractivity contribution in [2.24, 2.45) is 35.5 Å². The maximum Gasteiger partial charge on any atom is 0.123 e. The first-order valence-corrected chi connectivity index (χ1v) is 18.9. The van der Waals surface area contributed by atoms with Crippen LogP contribution in [0.15, 0.2) is 0 Å². The predicted molar refractivity (Wildman–Crippen MR) is 176 cm³/mol. The van der Waals surface area contributed by atoms with Crippen molar-refractivity contribution in [1.29, 1.82) is 0 Å². The van der Waals surface area contributed by atoms with Crippen LogP contribution in [-0.4, -0.2) is 126 Å². The molecule has 2 saturated heterocycles. The van der Waals surface area contributed by atoms with Gasteiger partial charge in [-0.1, -0.05) is 0 Å². The van der Waals surface area contributed by atoms with E-state index in [4.69, 9.17) is 23.7 Å². The van der Waals surface area contributed by atoms with Gasteiger partial charge in [-0.2, -0.15) is 0 Å². The van der Waals surface area contributed by atoms with Crippen molar-refractivity contribution in [1.82, 2.24) is 4.90 Å². The van der Waals surface area contributed by atoms with Crippen LogP contribution in [0.5, 0.6) is 0 Å². The number of carbonyl (C=O) groups excluding carboxylic acids is 1. The standard InChI is InChI=1S/C37H64N2O7/c1-38-14-12-26-19-35(44-5)36(41)37(29(26)21-38)46-34-20-28-25(18-32(34)43-4)13-15-39(2)30(28)16-23-6-9-27(10-7-23)45-33-17-24(22-40)8-11-31(33)42-3/h22-37,41H,6-21H2,1-5H3/p+1/t23?,24?,25?,26?,27?,28?,29?,30-,31?,32?,33?,34?,35?,36?,37?/m0/s1. The molecular weight excluding hydrogens is 584 g/mol. The fraction of sp³-hybridized carbons (Fsp3) is 0.973. The van der Waals surface area contributed by atoms with Crippen LogP contribution < -0.4 is 4.90 Å². The third kappa shape index (κ3) is 7.72.